The zero-order valence-electron chi connectivity index (χ0n) is 20.1. The molecule has 2 aromatic carbocycles. The van der Waals surface area contributed by atoms with E-state index in [2.05, 4.69) is 23.6 Å². The van der Waals surface area contributed by atoms with Gasteiger partial charge in [0.05, 0.1) is 31.1 Å². The van der Waals surface area contributed by atoms with Crippen LogP contribution in [0.25, 0.3) is 0 Å². The molecule has 6 heteroatoms. The quantitative estimate of drug-likeness (QED) is 0.368. The number of hydrogen-bond donors (Lipinski definition) is 0. The molecule has 0 unspecified atom stereocenters. The number of aryl methyl sites for hydroxylation is 1. The summed E-state index contributed by atoms with van der Waals surface area (Å²) in [4.78, 5) is 14.7. The Morgan fingerprint density at radius 1 is 1.21 bits per heavy atom. The molecule has 5 nitrogen and oxygen atoms in total. The largest absolute Gasteiger partial charge is 0.491 e. The number of nitrogens with zero attached hydrogens (tertiary/aromatic N) is 1. The molecule has 0 spiro atoms. The molecule has 1 fully saturated rings. The van der Waals surface area contributed by atoms with Crippen molar-refractivity contribution in [3.8, 4) is 5.75 Å². The van der Waals surface area contributed by atoms with E-state index in [1.54, 1.807) is 13.2 Å². The Balaban J connectivity index is 1.74. The van der Waals surface area contributed by atoms with Gasteiger partial charge in [-0.1, -0.05) is 23.7 Å². The van der Waals surface area contributed by atoms with Crippen molar-refractivity contribution in [1.82, 2.24) is 0 Å². The van der Waals surface area contributed by atoms with Gasteiger partial charge in [-0.05, 0) is 85.4 Å². The summed E-state index contributed by atoms with van der Waals surface area (Å²) >= 11 is 6.35. The summed E-state index contributed by atoms with van der Waals surface area (Å²) in [6, 6.07) is 11.8. The predicted octanol–water partition coefficient (Wildman–Crippen LogP) is 6.08. The molecule has 1 saturated carbocycles. The summed E-state index contributed by atoms with van der Waals surface area (Å²) < 4.78 is 16.9. The number of hydrogen-bond acceptors (Lipinski definition) is 5. The van der Waals surface area contributed by atoms with Crippen LogP contribution in [-0.2, 0) is 22.4 Å². The summed E-state index contributed by atoms with van der Waals surface area (Å²) in [6.07, 6.45) is 7.16. The molecule has 3 atom stereocenters. The number of fused-ring (bicyclic) bond motifs is 2. The molecular weight excluding hydrogens is 450 g/mol. The lowest BCUT2D eigenvalue weighted by Crippen LogP contribution is -2.43. The van der Waals surface area contributed by atoms with E-state index in [0.29, 0.717) is 30.6 Å². The fourth-order valence-corrected chi connectivity index (χ4v) is 5.34. The average Bonchev–Trinajstić information content (AvgIpc) is 2.87. The number of methoxy groups -OCH3 is 2. The SMILES string of the molecule is C=C[C@H](OC)[C@@H]1CC[C@H]1CN1Cc2ccc(Cl)cc2CCCCOc2ccc(C(=O)OC)cc21. The summed E-state index contributed by atoms with van der Waals surface area (Å²) in [5.41, 5.74) is 3.97. The van der Waals surface area contributed by atoms with E-state index in [9.17, 15) is 4.79 Å². The van der Waals surface area contributed by atoms with E-state index in [-0.39, 0.29) is 12.1 Å². The number of carbonyl (C=O) groups excluding carboxylic acids is 1. The van der Waals surface area contributed by atoms with Crippen LogP contribution in [0.2, 0.25) is 5.02 Å². The van der Waals surface area contributed by atoms with E-state index in [1.165, 1.54) is 18.2 Å². The third kappa shape index (κ3) is 5.42. The Labute approximate surface area is 207 Å². The number of anilines is 1. The van der Waals surface area contributed by atoms with Crippen LogP contribution in [0.4, 0.5) is 5.69 Å². The lowest BCUT2D eigenvalue weighted by atomic mass is 9.70. The van der Waals surface area contributed by atoms with Gasteiger partial charge in [-0.15, -0.1) is 6.58 Å². The average molecular weight is 484 g/mol. The standard InChI is InChI=1S/C28H34ClNO4/c1-4-26(32-2)24-12-9-22(24)18-30-17-21-8-11-23(29)15-19(21)7-5-6-14-34-27-13-10-20(16-25(27)30)28(31)33-3/h4,8,10-11,13,15-16,22,24,26H,1,5-7,9,12,14,17-18H2,2-3H3/t22-,24+,26-/m0/s1. The molecule has 0 radical (unpaired) electrons. The maximum atomic E-state index is 12.4. The first-order valence-electron chi connectivity index (χ1n) is 12.1. The highest BCUT2D eigenvalue weighted by molar-refractivity contribution is 6.30. The topological polar surface area (TPSA) is 48.0 Å². The summed E-state index contributed by atoms with van der Waals surface area (Å²) in [6.45, 7) is 6.14. The van der Waals surface area contributed by atoms with Gasteiger partial charge in [0.25, 0.3) is 0 Å². The van der Waals surface area contributed by atoms with Gasteiger partial charge in [-0.3, -0.25) is 0 Å². The summed E-state index contributed by atoms with van der Waals surface area (Å²) in [7, 11) is 3.16. The zero-order chi connectivity index (χ0) is 24.1. The molecule has 0 aromatic heterocycles. The van der Waals surface area contributed by atoms with Crippen molar-refractivity contribution >= 4 is 23.3 Å². The maximum Gasteiger partial charge on any atom is 0.337 e. The second-order valence-corrected chi connectivity index (χ2v) is 9.65. The van der Waals surface area contributed by atoms with Crippen molar-refractivity contribution in [2.24, 2.45) is 11.8 Å². The number of carbonyl (C=O) groups is 1. The molecule has 0 amide bonds. The lowest BCUT2D eigenvalue weighted by Gasteiger charge is -2.43. The Morgan fingerprint density at radius 2 is 2.06 bits per heavy atom. The number of esters is 1. The van der Waals surface area contributed by atoms with Gasteiger partial charge in [0.2, 0.25) is 0 Å². The second-order valence-electron chi connectivity index (χ2n) is 9.21. The normalized spacial score (nSPS) is 21.1. The molecule has 0 N–H and O–H groups in total. The van der Waals surface area contributed by atoms with Crippen molar-refractivity contribution in [1.29, 1.82) is 0 Å². The fourth-order valence-electron chi connectivity index (χ4n) is 5.15. The van der Waals surface area contributed by atoms with Crippen molar-refractivity contribution in [3.63, 3.8) is 0 Å². The molecule has 1 aliphatic heterocycles. The first kappa shape index (κ1) is 24.6. The molecule has 2 aliphatic rings. The highest BCUT2D eigenvalue weighted by atomic mass is 35.5. The number of ether oxygens (including phenoxy) is 3. The maximum absolute atomic E-state index is 12.4. The Morgan fingerprint density at radius 3 is 2.76 bits per heavy atom. The van der Waals surface area contributed by atoms with Crippen LogP contribution in [0.1, 0.15) is 47.2 Å². The van der Waals surface area contributed by atoms with Gasteiger partial charge in [0, 0.05) is 25.2 Å². The van der Waals surface area contributed by atoms with E-state index >= 15 is 0 Å². The van der Waals surface area contributed by atoms with Crippen LogP contribution in [0.15, 0.2) is 49.1 Å². The van der Waals surface area contributed by atoms with Crippen LogP contribution in [0.5, 0.6) is 5.75 Å². The van der Waals surface area contributed by atoms with Crippen LogP contribution < -0.4 is 9.64 Å². The molecule has 2 aromatic rings. The van der Waals surface area contributed by atoms with E-state index in [0.717, 1.165) is 55.1 Å². The molecule has 0 saturated heterocycles. The molecule has 0 bridgehead atoms. The fraction of sp³-hybridized carbons (Fsp3) is 0.464. The third-order valence-corrected chi connectivity index (χ3v) is 7.44. The molecular formula is C28H34ClNO4. The van der Waals surface area contributed by atoms with Gasteiger partial charge in [-0.2, -0.15) is 0 Å². The minimum Gasteiger partial charge on any atom is -0.491 e. The van der Waals surface area contributed by atoms with Crippen molar-refractivity contribution in [3.05, 3.63) is 70.8 Å². The summed E-state index contributed by atoms with van der Waals surface area (Å²) in [5.74, 6) is 1.34. The van der Waals surface area contributed by atoms with Gasteiger partial charge in [0.1, 0.15) is 5.75 Å². The monoisotopic (exact) mass is 483 g/mol. The number of rotatable bonds is 6. The molecule has 4 rings (SSSR count). The van der Waals surface area contributed by atoms with Gasteiger partial charge < -0.3 is 19.1 Å². The second kappa shape index (κ2) is 11.3. The van der Waals surface area contributed by atoms with Crippen molar-refractivity contribution in [2.75, 3.05) is 32.3 Å². The predicted molar refractivity (Wildman–Crippen MR) is 136 cm³/mol. The minimum absolute atomic E-state index is 0.0471. The van der Waals surface area contributed by atoms with E-state index in [1.807, 2.05) is 24.3 Å². The van der Waals surface area contributed by atoms with E-state index < -0.39 is 0 Å². The zero-order valence-corrected chi connectivity index (χ0v) is 20.9. The van der Waals surface area contributed by atoms with Crippen LogP contribution in [0.3, 0.4) is 0 Å². The van der Waals surface area contributed by atoms with Crippen LogP contribution in [-0.4, -0.2) is 39.4 Å². The Bertz CT molecular complexity index is 1020. The summed E-state index contributed by atoms with van der Waals surface area (Å²) in [5, 5.41) is 0.762. The number of benzene rings is 2. The van der Waals surface area contributed by atoms with Crippen LogP contribution >= 0.6 is 11.6 Å². The van der Waals surface area contributed by atoms with Gasteiger partial charge >= 0.3 is 5.97 Å². The first-order chi connectivity index (χ1) is 16.5. The minimum atomic E-state index is -0.350. The Hall–Kier alpha value is -2.50. The third-order valence-electron chi connectivity index (χ3n) is 7.21. The lowest BCUT2D eigenvalue weighted by molar-refractivity contribution is 0.0137. The van der Waals surface area contributed by atoms with Gasteiger partial charge in [0.15, 0.2) is 0 Å². The number of halogens is 1. The molecule has 34 heavy (non-hydrogen) atoms. The van der Waals surface area contributed by atoms with Crippen molar-refractivity contribution in [2.45, 2.75) is 44.8 Å². The molecule has 182 valence electrons. The highest BCUT2D eigenvalue weighted by Gasteiger charge is 2.37. The molecule has 1 aliphatic carbocycles. The van der Waals surface area contributed by atoms with Crippen LogP contribution in [0, 0.1) is 11.8 Å². The molecule has 1 heterocycles. The van der Waals surface area contributed by atoms with Crippen molar-refractivity contribution < 1.29 is 19.0 Å². The first-order valence-corrected chi connectivity index (χ1v) is 12.4. The Kier molecular flexibility index (Phi) is 8.17. The highest BCUT2D eigenvalue weighted by Crippen LogP contribution is 2.41. The van der Waals surface area contributed by atoms with Gasteiger partial charge in [-0.25, -0.2) is 4.79 Å². The van der Waals surface area contributed by atoms with E-state index in [4.69, 9.17) is 25.8 Å². The smallest absolute Gasteiger partial charge is 0.337 e.